The minimum absolute atomic E-state index is 0.483. The smallest absolute Gasteiger partial charge is 0.331 e. The molecule has 2 aliphatic heterocycles. The zero-order valence-electron chi connectivity index (χ0n) is 9.78. The molecule has 16 heavy (non-hydrogen) atoms. The normalized spacial score (nSPS) is 34.2. The molecule has 92 valence electrons. The minimum Gasteiger partial charge on any atom is -0.463 e. The fourth-order valence-electron chi connectivity index (χ4n) is 3.22. The lowest BCUT2D eigenvalue weighted by molar-refractivity contribution is -0.940. The highest BCUT2D eigenvalue weighted by Gasteiger charge is 2.36. The van der Waals surface area contributed by atoms with Gasteiger partial charge in [-0.25, -0.2) is 4.79 Å². The number of carbonyl (C=O) groups excluding carboxylic acids is 1. The summed E-state index contributed by atoms with van der Waals surface area (Å²) in [7, 11) is 0. The van der Waals surface area contributed by atoms with E-state index in [1.165, 1.54) is 45.2 Å². The Morgan fingerprint density at radius 1 is 1.25 bits per heavy atom. The predicted molar refractivity (Wildman–Crippen MR) is 59.1 cm³/mol. The molecule has 1 unspecified atom stereocenters. The Hall–Kier alpha value is -0.610. The van der Waals surface area contributed by atoms with Gasteiger partial charge in [0.25, 0.3) is 0 Å². The Balaban J connectivity index is 1.85. The van der Waals surface area contributed by atoms with Crippen molar-refractivity contribution in [2.45, 2.75) is 38.1 Å². The van der Waals surface area contributed by atoms with E-state index in [4.69, 9.17) is 9.84 Å². The van der Waals surface area contributed by atoms with Gasteiger partial charge in [0, 0.05) is 5.92 Å². The number of ether oxygens (including phenoxy) is 1. The third-order valence-electron chi connectivity index (χ3n) is 4.02. The molecular weight excluding hydrogens is 206 g/mol. The van der Waals surface area contributed by atoms with Crippen molar-refractivity contribution >= 4 is 5.97 Å². The van der Waals surface area contributed by atoms with Crippen LogP contribution in [0.4, 0.5) is 0 Å². The van der Waals surface area contributed by atoms with Crippen molar-refractivity contribution in [2.24, 2.45) is 5.92 Å². The number of aliphatic hydroxyl groups excluding tert-OH is 1. The second-order valence-corrected chi connectivity index (χ2v) is 5.00. The fraction of sp³-hybridized carbons (Fsp3) is 0.917. The molecule has 4 heteroatoms. The van der Waals surface area contributed by atoms with Gasteiger partial charge in [-0.15, -0.1) is 0 Å². The highest BCUT2D eigenvalue weighted by Crippen LogP contribution is 2.20. The third-order valence-corrected chi connectivity index (χ3v) is 4.02. The fourth-order valence-corrected chi connectivity index (χ4v) is 3.22. The first-order valence-corrected chi connectivity index (χ1v) is 6.42. The average Bonchev–Trinajstić information content (AvgIpc) is 2.35. The van der Waals surface area contributed by atoms with Crippen LogP contribution in [-0.4, -0.2) is 43.4 Å². The number of carbonyl (C=O) groups is 1. The summed E-state index contributed by atoms with van der Waals surface area (Å²) in [5.41, 5.74) is 0. The molecule has 3 atom stereocenters. The summed E-state index contributed by atoms with van der Waals surface area (Å²) < 4.78 is 5.08. The van der Waals surface area contributed by atoms with E-state index in [1.807, 2.05) is 0 Å². The highest BCUT2D eigenvalue weighted by atomic mass is 16.5. The average molecular weight is 228 g/mol. The first-order valence-electron chi connectivity index (χ1n) is 6.42. The van der Waals surface area contributed by atoms with Crippen LogP contribution >= 0.6 is 0 Å². The number of piperidine rings is 2. The van der Waals surface area contributed by atoms with E-state index in [2.05, 4.69) is 0 Å². The van der Waals surface area contributed by atoms with E-state index in [0.29, 0.717) is 18.6 Å². The minimum atomic E-state index is -0.492. The predicted octanol–water partition coefficient (Wildman–Crippen LogP) is -0.631. The van der Waals surface area contributed by atoms with Crippen LogP contribution in [0.25, 0.3) is 0 Å². The maximum atomic E-state index is 10.9. The molecule has 4 nitrogen and oxygen atoms in total. The van der Waals surface area contributed by atoms with Crippen LogP contribution in [0.1, 0.15) is 32.1 Å². The van der Waals surface area contributed by atoms with Gasteiger partial charge in [0.15, 0.2) is 0 Å². The topological polar surface area (TPSA) is 51.0 Å². The van der Waals surface area contributed by atoms with Crippen molar-refractivity contribution in [1.29, 1.82) is 0 Å². The van der Waals surface area contributed by atoms with Crippen molar-refractivity contribution in [2.75, 3.05) is 26.3 Å². The molecule has 2 heterocycles. The van der Waals surface area contributed by atoms with Gasteiger partial charge in [0.2, 0.25) is 0 Å². The number of quaternary nitrogens is 1. The number of rotatable bonds is 3. The summed E-state index contributed by atoms with van der Waals surface area (Å²) >= 11 is 0. The van der Waals surface area contributed by atoms with Crippen molar-refractivity contribution in [3.05, 3.63) is 0 Å². The monoisotopic (exact) mass is 228 g/mol. The molecule has 0 aromatic carbocycles. The van der Waals surface area contributed by atoms with Crippen LogP contribution in [0.5, 0.6) is 0 Å². The van der Waals surface area contributed by atoms with E-state index in [0.717, 1.165) is 0 Å². The van der Waals surface area contributed by atoms with Gasteiger partial charge in [-0.05, 0) is 32.1 Å². The Labute approximate surface area is 96.6 Å². The van der Waals surface area contributed by atoms with Crippen LogP contribution in [0, 0.1) is 5.92 Å². The van der Waals surface area contributed by atoms with Crippen LogP contribution in [0.15, 0.2) is 0 Å². The summed E-state index contributed by atoms with van der Waals surface area (Å²) in [6, 6.07) is 0.689. The van der Waals surface area contributed by atoms with Gasteiger partial charge < -0.3 is 14.7 Å². The molecule has 0 aromatic heterocycles. The third kappa shape index (κ3) is 2.74. The SMILES string of the molecule is O=C(CO)OC[C@@H]1CCC[NH+]2CCCC[C@@H]12. The Bertz CT molecular complexity index is 242. The summed E-state index contributed by atoms with van der Waals surface area (Å²) in [6.07, 6.45) is 6.35. The zero-order valence-corrected chi connectivity index (χ0v) is 9.78. The lowest BCUT2D eigenvalue weighted by Gasteiger charge is -2.40. The van der Waals surface area contributed by atoms with Crippen molar-refractivity contribution in [1.82, 2.24) is 0 Å². The van der Waals surface area contributed by atoms with E-state index in [-0.39, 0.29) is 0 Å². The second kappa shape index (κ2) is 5.64. The van der Waals surface area contributed by atoms with Crippen LogP contribution in [0.3, 0.4) is 0 Å². The molecule has 0 aromatic rings. The Kier molecular flexibility index (Phi) is 4.18. The van der Waals surface area contributed by atoms with Gasteiger partial charge >= 0.3 is 5.97 Å². The van der Waals surface area contributed by atoms with Gasteiger partial charge in [-0.3, -0.25) is 0 Å². The number of nitrogens with one attached hydrogen (secondary N) is 1. The van der Waals surface area contributed by atoms with Crippen LogP contribution in [0.2, 0.25) is 0 Å². The number of aliphatic hydroxyl groups is 1. The van der Waals surface area contributed by atoms with E-state index >= 15 is 0 Å². The molecule has 0 aliphatic carbocycles. The first kappa shape index (κ1) is 11.9. The standard InChI is InChI=1S/C12H21NO3/c14-8-12(15)16-9-10-4-3-7-13-6-2-1-5-11(10)13/h10-11,14H,1-9H2/p+1/t10-,11-/m0/s1. The van der Waals surface area contributed by atoms with Crippen molar-refractivity contribution in [3.63, 3.8) is 0 Å². The van der Waals surface area contributed by atoms with E-state index in [9.17, 15) is 4.79 Å². The molecule has 2 aliphatic rings. The van der Waals surface area contributed by atoms with Crippen LogP contribution < -0.4 is 4.90 Å². The molecular formula is C12H22NO3+. The lowest BCUT2D eigenvalue weighted by atomic mass is 9.84. The number of hydrogen-bond donors (Lipinski definition) is 2. The summed E-state index contributed by atoms with van der Waals surface area (Å²) in [5, 5.41) is 8.62. The highest BCUT2D eigenvalue weighted by molar-refractivity contribution is 5.70. The number of hydrogen-bond acceptors (Lipinski definition) is 3. The van der Waals surface area contributed by atoms with Gasteiger partial charge in [0.1, 0.15) is 6.61 Å². The molecule has 0 spiro atoms. The zero-order chi connectivity index (χ0) is 11.4. The molecule has 2 N–H and O–H groups in total. The largest absolute Gasteiger partial charge is 0.463 e. The van der Waals surface area contributed by atoms with Crippen LogP contribution in [-0.2, 0) is 9.53 Å². The molecule has 0 amide bonds. The Morgan fingerprint density at radius 3 is 2.88 bits per heavy atom. The number of esters is 1. The molecule has 0 radical (unpaired) electrons. The molecule has 2 saturated heterocycles. The lowest BCUT2D eigenvalue weighted by Crippen LogP contribution is -3.18. The summed E-state index contributed by atoms with van der Waals surface area (Å²) in [4.78, 5) is 12.6. The quantitative estimate of drug-likeness (QED) is 0.632. The van der Waals surface area contributed by atoms with E-state index < -0.39 is 12.6 Å². The van der Waals surface area contributed by atoms with Crippen molar-refractivity contribution < 1.29 is 19.5 Å². The maximum Gasteiger partial charge on any atom is 0.331 e. The number of fused-ring (bicyclic) bond motifs is 1. The Morgan fingerprint density at radius 2 is 2.06 bits per heavy atom. The summed E-state index contributed by atoms with van der Waals surface area (Å²) in [6.45, 7) is 2.59. The van der Waals surface area contributed by atoms with Crippen molar-refractivity contribution in [3.8, 4) is 0 Å². The van der Waals surface area contributed by atoms with Gasteiger partial charge in [0.05, 0.1) is 25.7 Å². The van der Waals surface area contributed by atoms with E-state index in [1.54, 1.807) is 4.90 Å². The molecule has 2 rings (SSSR count). The van der Waals surface area contributed by atoms with Gasteiger partial charge in [-0.2, -0.15) is 0 Å². The first-order chi connectivity index (χ1) is 7.81. The molecule has 0 saturated carbocycles. The van der Waals surface area contributed by atoms with Gasteiger partial charge in [-0.1, -0.05) is 0 Å². The maximum absolute atomic E-state index is 10.9. The molecule has 2 fully saturated rings. The molecule has 0 bridgehead atoms. The second-order valence-electron chi connectivity index (χ2n) is 5.00. The summed E-state index contributed by atoms with van der Waals surface area (Å²) in [5.74, 6) is 0.0301.